The maximum atomic E-state index is 13.9. The van der Waals surface area contributed by atoms with Gasteiger partial charge in [0.05, 0.1) is 5.56 Å². The Kier molecular flexibility index (Phi) is 4.49. The molecule has 0 saturated carbocycles. The predicted octanol–water partition coefficient (Wildman–Crippen LogP) is 3.23. The van der Waals surface area contributed by atoms with Crippen LogP contribution in [0.15, 0.2) is 4.79 Å². The highest BCUT2D eigenvalue weighted by molar-refractivity contribution is 5.60. The summed E-state index contributed by atoms with van der Waals surface area (Å²) in [6.07, 6.45) is -5.30. The van der Waals surface area contributed by atoms with E-state index in [1.54, 1.807) is 0 Å². The molecule has 25 heavy (non-hydrogen) atoms. The lowest BCUT2D eigenvalue weighted by atomic mass is 10.1. The van der Waals surface area contributed by atoms with Crippen LogP contribution in [0.2, 0.25) is 0 Å². The second-order valence-corrected chi connectivity index (χ2v) is 4.69. The third kappa shape index (κ3) is 2.81. The van der Waals surface area contributed by atoms with Crippen LogP contribution in [0.3, 0.4) is 0 Å². The minimum atomic E-state index is -5.30. The van der Waals surface area contributed by atoms with Crippen molar-refractivity contribution in [3.8, 4) is 11.4 Å². The fourth-order valence-corrected chi connectivity index (χ4v) is 2.07. The zero-order valence-corrected chi connectivity index (χ0v) is 12.1. The van der Waals surface area contributed by atoms with Crippen molar-refractivity contribution in [3.05, 3.63) is 45.1 Å². The fraction of sp³-hybridized carbons (Fsp3) is 0.231. The lowest BCUT2D eigenvalue weighted by molar-refractivity contribution is -0.140. The third-order valence-corrected chi connectivity index (χ3v) is 3.22. The van der Waals surface area contributed by atoms with Gasteiger partial charge < -0.3 is 5.73 Å². The van der Waals surface area contributed by atoms with Crippen molar-refractivity contribution in [3.63, 3.8) is 0 Å². The van der Waals surface area contributed by atoms with Crippen LogP contribution in [0.25, 0.3) is 11.4 Å². The van der Waals surface area contributed by atoms with E-state index in [1.807, 2.05) is 0 Å². The molecule has 1 heterocycles. The normalized spacial score (nSPS) is 11.9. The zero-order chi connectivity index (χ0) is 19.3. The summed E-state index contributed by atoms with van der Waals surface area (Å²) in [6.45, 7) is 0.675. The Morgan fingerprint density at radius 3 is 1.80 bits per heavy atom. The fourth-order valence-electron chi connectivity index (χ4n) is 2.07. The molecule has 0 unspecified atom stereocenters. The van der Waals surface area contributed by atoms with Gasteiger partial charge in [-0.3, -0.25) is 9.36 Å². The van der Waals surface area contributed by atoms with Gasteiger partial charge in [0.15, 0.2) is 29.0 Å². The van der Waals surface area contributed by atoms with E-state index in [9.17, 15) is 39.9 Å². The molecule has 0 bridgehead atoms. The van der Waals surface area contributed by atoms with Crippen molar-refractivity contribution >= 4 is 5.69 Å². The summed E-state index contributed by atoms with van der Waals surface area (Å²) in [5.74, 6) is -13.5. The molecule has 0 spiro atoms. The number of nitrogens with zero attached hydrogens (tertiary/aromatic N) is 2. The molecule has 0 amide bonds. The minimum absolute atomic E-state index is 0.267. The van der Waals surface area contributed by atoms with Crippen molar-refractivity contribution in [2.45, 2.75) is 19.6 Å². The van der Waals surface area contributed by atoms with Gasteiger partial charge in [0.2, 0.25) is 5.82 Å². The van der Waals surface area contributed by atoms with Crippen LogP contribution in [0.4, 0.5) is 40.8 Å². The number of alkyl halides is 3. The first kappa shape index (κ1) is 18.7. The summed E-state index contributed by atoms with van der Waals surface area (Å²) in [5.41, 5.74) is -1.63. The average Bonchev–Trinajstić information content (AvgIpc) is 2.53. The van der Waals surface area contributed by atoms with Crippen molar-refractivity contribution in [2.24, 2.45) is 0 Å². The molecule has 1 aromatic heterocycles. The number of nitrogen functional groups attached to an aromatic ring is 1. The van der Waals surface area contributed by atoms with Gasteiger partial charge >= 0.3 is 6.18 Å². The largest absolute Gasteiger partial charge is 0.435 e. The Labute approximate surface area is 133 Å². The average molecular weight is 373 g/mol. The smallest absolute Gasteiger partial charge is 0.392 e. The Hall–Kier alpha value is -2.66. The molecule has 1 aromatic carbocycles. The monoisotopic (exact) mass is 373 g/mol. The van der Waals surface area contributed by atoms with Crippen LogP contribution in [0.5, 0.6) is 0 Å². The van der Waals surface area contributed by atoms with Gasteiger partial charge in [0, 0.05) is 6.54 Å². The molecular formula is C13H7F8N3O. The topological polar surface area (TPSA) is 60.9 Å². The number of anilines is 1. The van der Waals surface area contributed by atoms with Crippen molar-refractivity contribution in [2.75, 3.05) is 5.73 Å². The summed E-state index contributed by atoms with van der Waals surface area (Å²) < 4.78 is 106. The number of aromatic nitrogens is 2. The van der Waals surface area contributed by atoms with Crippen LogP contribution < -0.4 is 11.3 Å². The van der Waals surface area contributed by atoms with Crippen LogP contribution in [-0.2, 0) is 12.7 Å². The molecule has 2 N–H and O–H groups in total. The van der Waals surface area contributed by atoms with Gasteiger partial charge in [-0.15, -0.1) is 0 Å². The molecule has 2 rings (SSSR count). The molecule has 0 fully saturated rings. The number of nitrogens with two attached hydrogens (primary N) is 1. The number of benzene rings is 1. The van der Waals surface area contributed by atoms with E-state index in [-0.39, 0.29) is 4.57 Å². The molecular weight excluding hydrogens is 366 g/mol. The first-order chi connectivity index (χ1) is 11.4. The molecule has 0 aliphatic heterocycles. The molecule has 136 valence electrons. The van der Waals surface area contributed by atoms with Gasteiger partial charge in [-0.05, 0) is 6.92 Å². The van der Waals surface area contributed by atoms with E-state index in [0.717, 1.165) is 0 Å². The number of rotatable bonds is 2. The number of hydrogen-bond donors (Lipinski definition) is 1. The van der Waals surface area contributed by atoms with Gasteiger partial charge in [0.25, 0.3) is 5.56 Å². The SMILES string of the molecule is CCn1c(-c2c(F)c(F)c(F)c(F)c2F)nc(C(F)(F)F)c(N)c1=O. The standard InChI is InChI=1S/C13H7F8N3O/c1-2-24-11(23-10(13(19,20)21)9(22)12(24)25)3-4(14)6(16)8(18)7(17)5(3)15/h2,22H2,1H3. The Morgan fingerprint density at radius 1 is 0.960 bits per heavy atom. The van der Waals surface area contributed by atoms with Gasteiger partial charge in [-0.1, -0.05) is 0 Å². The minimum Gasteiger partial charge on any atom is -0.392 e. The number of hydrogen-bond acceptors (Lipinski definition) is 3. The first-order valence-electron chi connectivity index (χ1n) is 6.42. The summed E-state index contributed by atoms with van der Waals surface area (Å²) in [4.78, 5) is 14.8. The maximum Gasteiger partial charge on any atom is 0.435 e. The van der Waals surface area contributed by atoms with Crippen LogP contribution >= 0.6 is 0 Å². The van der Waals surface area contributed by atoms with E-state index in [0.29, 0.717) is 0 Å². The molecule has 4 nitrogen and oxygen atoms in total. The van der Waals surface area contributed by atoms with E-state index in [2.05, 4.69) is 4.98 Å². The third-order valence-electron chi connectivity index (χ3n) is 3.22. The highest BCUT2D eigenvalue weighted by atomic mass is 19.4. The molecule has 0 aliphatic rings. The predicted molar refractivity (Wildman–Crippen MR) is 68.8 cm³/mol. The van der Waals surface area contributed by atoms with Gasteiger partial charge in [-0.2, -0.15) is 13.2 Å². The van der Waals surface area contributed by atoms with Gasteiger partial charge in [0.1, 0.15) is 11.5 Å². The highest BCUT2D eigenvalue weighted by Gasteiger charge is 2.39. The van der Waals surface area contributed by atoms with E-state index in [1.165, 1.54) is 6.92 Å². The lowest BCUT2D eigenvalue weighted by Gasteiger charge is -2.17. The first-order valence-corrected chi connectivity index (χ1v) is 6.42. The summed E-state index contributed by atoms with van der Waals surface area (Å²) in [7, 11) is 0. The van der Waals surface area contributed by atoms with Crippen LogP contribution in [0.1, 0.15) is 12.6 Å². The molecule has 12 heteroatoms. The molecule has 0 aliphatic carbocycles. The summed E-state index contributed by atoms with van der Waals surface area (Å²) in [5, 5.41) is 0. The quantitative estimate of drug-likeness (QED) is 0.500. The van der Waals surface area contributed by atoms with Crippen molar-refractivity contribution < 1.29 is 35.1 Å². The Bertz CT molecular complexity index is 890. The summed E-state index contributed by atoms with van der Waals surface area (Å²) >= 11 is 0. The zero-order valence-electron chi connectivity index (χ0n) is 12.1. The second kappa shape index (κ2) is 6.01. The van der Waals surface area contributed by atoms with Crippen molar-refractivity contribution in [1.82, 2.24) is 9.55 Å². The van der Waals surface area contributed by atoms with Crippen molar-refractivity contribution in [1.29, 1.82) is 0 Å². The lowest BCUT2D eigenvalue weighted by Crippen LogP contribution is -2.30. The molecule has 2 aromatic rings. The highest BCUT2D eigenvalue weighted by Crippen LogP contribution is 2.34. The second-order valence-electron chi connectivity index (χ2n) is 4.69. The van der Waals surface area contributed by atoms with Crippen LogP contribution in [0, 0.1) is 29.1 Å². The van der Waals surface area contributed by atoms with E-state index < -0.39 is 70.1 Å². The summed E-state index contributed by atoms with van der Waals surface area (Å²) in [6, 6.07) is 0. The van der Waals surface area contributed by atoms with Crippen LogP contribution in [-0.4, -0.2) is 9.55 Å². The van der Waals surface area contributed by atoms with E-state index >= 15 is 0 Å². The van der Waals surface area contributed by atoms with Gasteiger partial charge in [-0.25, -0.2) is 26.9 Å². The number of halogens is 8. The maximum absolute atomic E-state index is 13.9. The Balaban J connectivity index is 3.04. The Morgan fingerprint density at radius 2 is 1.40 bits per heavy atom. The molecule has 0 saturated heterocycles. The van der Waals surface area contributed by atoms with E-state index in [4.69, 9.17) is 5.73 Å². The molecule has 0 atom stereocenters. The molecule has 0 radical (unpaired) electrons.